The molecule has 14 heteroatoms. The summed E-state index contributed by atoms with van der Waals surface area (Å²) < 4.78 is 55.4. The van der Waals surface area contributed by atoms with Crippen LogP contribution in [0.15, 0.2) is 39.9 Å². The topological polar surface area (TPSA) is 99.9 Å². The van der Waals surface area contributed by atoms with Gasteiger partial charge >= 0.3 is 6.18 Å². The fourth-order valence-corrected chi connectivity index (χ4v) is 7.75. The fourth-order valence-electron chi connectivity index (χ4n) is 7.75. The van der Waals surface area contributed by atoms with E-state index in [1.54, 1.807) is 45.2 Å². The highest BCUT2D eigenvalue weighted by Gasteiger charge is 2.37. The highest BCUT2D eigenvalue weighted by Crippen LogP contribution is 2.37. The Labute approximate surface area is 319 Å². The lowest BCUT2D eigenvalue weighted by molar-refractivity contribution is -0.140. The van der Waals surface area contributed by atoms with Gasteiger partial charge in [0.15, 0.2) is 0 Å². The summed E-state index contributed by atoms with van der Waals surface area (Å²) in [5, 5.41) is 3.18. The van der Waals surface area contributed by atoms with E-state index >= 15 is 0 Å². The van der Waals surface area contributed by atoms with E-state index in [1.807, 2.05) is 18.7 Å². The van der Waals surface area contributed by atoms with Crippen LogP contribution in [0.5, 0.6) is 0 Å². The van der Waals surface area contributed by atoms with Gasteiger partial charge in [-0.15, -0.1) is 0 Å². The molecule has 10 nitrogen and oxygen atoms in total. The monoisotopic (exact) mass is 768 g/mol. The molecule has 0 bridgehead atoms. The van der Waals surface area contributed by atoms with Gasteiger partial charge in [0.25, 0.3) is 11.1 Å². The Hall–Kier alpha value is -4.46. The normalized spacial score (nSPS) is 17.8. The Balaban J connectivity index is 0.000000174. The number of hydrogen-bond acceptors (Lipinski definition) is 6. The molecule has 1 saturated carbocycles. The number of nitrogens with one attached hydrogen (secondary N) is 1. The van der Waals surface area contributed by atoms with Crippen LogP contribution in [-0.2, 0) is 56.0 Å². The molecular formula is C41H52F4N6O4. The summed E-state index contributed by atoms with van der Waals surface area (Å²) in [5.41, 5.74) is 4.76. The van der Waals surface area contributed by atoms with Crippen molar-refractivity contribution in [3.05, 3.63) is 96.1 Å². The van der Waals surface area contributed by atoms with Crippen molar-refractivity contribution in [1.29, 1.82) is 0 Å². The first kappa shape index (κ1) is 40.2. The van der Waals surface area contributed by atoms with E-state index in [1.165, 1.54) is 18.9 Å². The Morgan fingerprint density at radius 2 is 1.27 bits per heavy atom. The molecule has 0 atom stereocenters. The Morgan fingerprint density at radius 1 is 0.782 bits per heavy atom. The summed E-state index contributed by atoms with van der Waals surface area (Å²) in [6.45, 7) is 13.2. The maximum atomic E-state index is 13.5. The molecule has 2 saturated heterocycles. The molecule has 2 amide bonds. The van der Waals surface area contributed by atoms with Crippen molar-refractivity contribution < 1.29 is 27.2 Å². The molecule has 55 heavy (non-hydrogen) atoms. The number of amides is 2. The van der Waals surface area contributed by atoms with Crippen molar-refractivity contribution in [2.45, 2.75) is 85.7 Å². The summed E-state index contributed by atoms with van der Waals surface area (Å²) in [4.78, 5) is 53.9. The number of anilines is 1. The zero-order chi connectivity index (χ0) is 39.9. The standard InChI is InChI=1S/C21H21F4N3O2.C14H19N3O2.C6H12/c1-12-5-19(29)26(2)18-11-28(10-15(12)18)20(30)6-13-8-27(9-13)14-3-4-17(22)16(7-14)21(23,24)25;1-9-3-13(18)16(2)12-8-17(7-11(9)12)14(19)4-10-5-15-6-10;1-5(2)6-3-4-6/h3-5,7,13H,6,8-11H2,1-2H3;3,10,15H,4-8H2,1-2H3;5-6H,3-4H2,1-2H3. The van der Waals surface area contributed by atoms with Crippen molar-refractivity contribution in [2.24, 2.45) is 37.8 Å². The predicted molar refractivity (Wildman–Crippen MR) is 202 cm³/mol. The number of nitrogens with zero attached hydrogens (tertiary/aromatic N) is 5. The fraction of sp³-hybridized carbons (Fsp3) is 0.561. The molecule has 3 aromatic rings. The number of aryl methyl sites for hydroxylation is 2. The predicted octanol–water partition coefficient (Wildman–Crippen LogP) is 5.42. The van der Waals surface area contributed by atoms with Gasteiger partial charge in [0.2, 0.25) is 11.8 Å². The SMILES string of the molecule is CC(C)C1CC1.Cc1cc(=O)n(C)c2c1CN(C(=O)CC1CN(c3ccc(F)c(C(F)(F)F)c3)C1)C2.Cc1cc(=O)n(C)c2c1CN(C(=O)CC1CNC1)C2. The second-order valence-electron chi connectivity index (χ2n) is 16.2. The van der Waals surface area contributed by atoms with Crippen LogP contribution in [0.1, 0.15) is 78.7 Å². The Bertz CT molecular complexity index is 2060. The molecule has 8 rings (SSSR count). The number of carbonyl (C=O) groups is 2. The van der Waals surface area contributed by atoms with Gasteiger partial charge in [-0.05, 0) is 98.0 Å². The van der Waals surface area contributed by atoms with Gasteiger partial charge in [0, 0.05) is 88.2 Å². The van der Waals surface area contributed by atoms with Gasteiger partial charge in [0.05, 0.1) is 18.7 Å². The zero-order valence-electron chi connectivity index (χ0n) is 32.6. The maximum Gasteiger partial charge on any atom is 0.419 e. The second kappa shape index (κ2) is 16.0. The number of alkyl halides is 3. The summed E-state index contributed by atoms with van der Waals surface area (Å²) in [7, 11) is 3.47. The minimum absolute atomic E-state index is 0.00809. The van der Waals surface area contributed by atoms with E-state index in [-0.39, 0.29) is 35.3 Å². The number of benzene rings is 1. The van der Waals surface area contributed by atoms with Crippen molar-refractivity contribution in [1.82, 2.24) is 24.3 Å². The van der Waals surface area contributed by atoms with E-state index in [2.05, 4.69) is 19.2 Å². The average molecular weight is 769 g/mol. The molecule has 298 valence electrons. The van der Waals surface area contributed by atoms with E-state index in [4.69, 9.17) is 0 Å². The van der Waals surface area contributed by atoms with Crippen LogP contribution in [0.2, 0.25) is 0 Å². The summed E-state index contributed by atoms with van der Waals surface area (Å²) >= 11 is 0. The third kappa shape index (κ3) is 9.00. The van der Waals surface area contributed by atoms with Crippen LogP contribution >= 0.6 is 0 Å². The zero-order valence-corrected chi connectivity index (χ0v) is 32.6. The van der Waals surface area contributed by atoms with Crippen LogP contribution in [0.4, 0.5) is 23.2 Å². The molecule has 0 unspecified atom stereocenters. The maximum absolute atomic E-state index is 13.5. The lowest BCUT2D eigenvalue weighted by Crippen LogP contribution is -2.48. The van der Waals surface area contributed by atoms with Gasteiger partial charge in [-0.1, -0.05) is 13.8 Å². The first-order valence-electron chi connectivity index (χ1n) is 19.2. The minimum Gasteiger partial charge on any atom is -0.371 e. The summed E-state index contributed by atoms with van der Waals surface area (Å²) in [6.07, 6.45) is -0.850. The molecule has 0 spiro atoms. The van der Waals surface area contributed by atoms with E-state index < -0.39 is 17.6 Å². The molecule has 1 N–H and O–H groups in total. The first-order chi connectivity index (χ1) is 25.9. The van der Waals surface area contributed by atoms with Gasteiger partial charge < -0.3 is 29.2 Å². The highest BCUT2D eigenvalue weighted by atomic mass is 19.4. The van der Waals surface area contributed by atoms with E-state index in [0.717, 1.165) is 70.7 Å². The molecular weight excluding hydrogens is 716 g/mol. The third-order valence-electron chi connectivity index (χ3n) is 11.8. The van der Waals surface area contributed by atoms with Crippen LogP contribution in [-0.4, -0.2) is 56.9 Å². The quantitative estimate of drug-likeness (QED) is 0.337. The Morgan fingerprint density at radius 3 is 1.67 bits per heavy atom. The van der Waals surface area contributed by atoms with Crippen molar-refractivity contribution >= 4 is 17.5 Å². The van der Waals surface area contributed by atoms with E-state index in [9.17, 15) is 36.7 Å². The number of carbonyl (C=O) groups excluding carboxylic acids is 2. The van der Waals surface area contributed by atoms with Gasteiger partial charge in [-0.25, -0.2) is 4.39 Å². The van der Waals surface area contributed by atoms with Crippen LogP contribution in [0, 0.1) is 43.3 Å². The number of pyridine rings is 2. The molecule has 0 radical (unpaired) electrons. The number of rotatable bonds is 6. The number of fused-ring (bicyclic) bond motifs is 2. The second-order valence-corrected chi connectivity index (χ2v) is 16.2. The van der Waals surface area contributed by atoms with Crippen LogP contribution < -0.4 is 21.3 Å². The molecule has 2 aromatic heterocycles. The van der Waals surface area contributed by atoms with Crippen molar-refractivity contribution in [2.75, 3.05) is 31.1 Å². The van der Waals surface area contributed by atoms with Crippen molar-refractivity contribution in [3.8, 4) is 0 Å². The highest BCUT2D eigenvalue weighted by molar-refractivity contribution is 5.78. The number of hydrogen-bond donors (Lipinski definition) is 1. The molecule has 3 fully saturated rings. The van der Waals surface area contributed by atoms with Gasteiger partial charge in [-0.3, -0.25) is 19.2 Å². The van der Waals surface area contributed by atoms with Gasteiger partial charge in [-0.2, -0.15) is 13.2 Å². The smallest absolute Gasteiger partial charge is 0.371 e. The van der Waals surface area contributed by atoms with E-state index in [0.29, 0.717) is 57.3 Å². The lowest BCUT2D eigenvalue weighted by Gasteiger charge is -2.41. The molecule has 4 aliphatic heterocycles. The lowest BCUT2D eigenvalue weighted by atomic mass is 9.94. The summed E-state index contributed by atoms with van der Waals surface area (Å²) in [6, 6.07) is 6.18. The Kier molecular flexibility index (Phi) is 11.7. The molecule has 1 aromatic carbocycles. The third-order valence-corrected chi connectivity index (χ3v) is 11.8. The average Bonchev–Trinajstić information content (AvgIpc) is 3.68. The number of aromatic nitrogens is 2. The van der Waals surface area contributed by atoms with Gasteiger partial charge in [0.1, 0.15) is 5.82 Å². The number of halogens is 4. The van der Waals surface area contributed by atoms with Crippen molar-refractivity contribution in [3.63, 3.8) is 0 Å². The van der Waals surface area contributed by atoms with Crippen LogP contribution in [0.3, 0.4) is 0 Å². The largest absolute Gasteiger partial charge is 0.419 e. The van der Waals surface area contributed by atoms with Crippen LogP contribution in [0.25, 0.3) is 0 Å². The summed E-state index contributed by atoms with van der Waals surface area (Å²) in [5.74, 6) is 1.44. The molecule has 1 aliphatic carbocycles. The molecule has 5 aliphatic rings. The minimum atomic E-state index is -4.75. The molecule has 6 heterocycles. The first-order valence-corrected chi connectivity index (χ1v) is 19.2.